The minimum absolute atomic E-state index is 0.348. The van der Waals surface area contributed by atoms with Crippen LogP contribution < -0.4 is 5.32 Å². The van der Waals surface area contributed by atoms with Crippen molar-refractivity contribution < 1.29 is 9.90 Å². The molecule has 0 saturated heterocycles. The molecule has 0 radical (unpaired) electrons. The van der Waals surface area contributed by atoms with Gasteiger partial charge in [-0.15, -0.1) is 0 Å². The van der Waals surface area contributed by atoms with Gasteiger partial charge in [-0.1, -0.05) is 17.7 Å². The molecule has 1 aromatic heterocycles. The minimum Gasteiger partial charge on any atom is -0.478 e. The first-order valence-electron chi connectivity index (χ1n) is 8.34. The van der Waals surface area contributed by atoms with Crippen molar-refractivity contribution >= 4 is 29.1 Å². The largest absolute Gasteiger partial charge is 0.478 e. The number of aromatic nitrogens is 1. The predicted molar refractivity (Wildman–Crippen MR) is 94.6 cm³/mol. The maximum absolute atomic E-state index is 11.6. The van der Waals surface area contributed by atoms with Crippen molar-refractivity contribution in [3.63, 3.8) is 0 Å². The van der Waals surface area contributed by atoms with Gasteiger partial charge in [0.2, 0.25) is 0 Å². The molecule has 4 nitrogen and oxygen atoms in total. The average Bonchev–Trinajstić information content (AvgIpc) is 2.59. The molecule has 2 bridgehead atoms. The Morgan fingerprint density at radius 2 is 1.88 bits per heavy atom. The lowest BCUT2D eigenvalue weighted by Crippen LogP contribution is -2.26. The summed E-state index contributed by atoms with van der Waals surface area (Å²) in [6.07, 6.45) is 5.90. The van der Waals surface area contributed by atoms with Gasteiger partial charge in [0.25, 0.3) is 0 Å². The molecule has 0 amide bonds. The Kier molecular flexibility index (Phi) is 3.72. The second kappa shape index (κ2) is 5.78. The van der Waals surface area contributed by atoms with Crippen LogP contribution in [-0.4, -0.2) is 16.1 Å². The molecule has 3 aliphatic rings. The zero-order valence-electron chi connectivity index (χ0n) is 13.5. The Morgan fingerprint density at radius 3 is 2.50 bits per heavy atom. The van der Waals surface area contributed by atoms with Crippen LogP contribution in [0.2, 0.25) is 5.02 Å². The number of hydrogen-bond donors (Lipinski definition) is 2. The first-order valence-corrected chi connectivity index (χ1v) is 8.71. The third kappa shape index (κ3) is 2.46. The molecule has 1 saturated carbocycles. The number of aryl methyl sites for hydroxylation is 1. The highest BCUT2D eigenvalue weighted by Gasteiger charge is 2.38. The third-order valence-corrected chi connectivity index (χ3v) is 5.77. The van der Waals surface area contributed by atoms with E-state index < -0.39 is 5.97 Å². The van der Waals surface area contributed by atoms with Gasteiger partial charge in [-0.2, -0.15) is 0 Å². The molecule has 0 aliphatic heterocycles. The molecule has 5 rings (SSSR count). The lowest BCUT2D eigenvalue weighted by atomic mass is 9.66. The van der Waals surface area contributed by atoms with Crippen LogP contribution in [0.3, 0.4) is 0 Å². The zero-order valence-corrected chi connectivity index (χ0v) is 14.2. The van der Waals surface area contributed by atoms with Crippen LogP contribution in [-0.2, 0) is 0 Å². The van der Waals surface area contributed by atoms with Gasteiger partial charge >= 0.3 is 5.97 Å². The fourth-order valence-corrected chi connectivity index (χ4v) is 4.32. The SMILES string of the molecule is Cc1ccc(Nc2ncc(C(=O)O)c3c2C2CCC3CC2)cc1Cl. The first-order chi connectivity index (χ1) is 11.5. The van der Waals surface area contributed by atoms with Crippen molar-refractivity contribution in [3.8, 4) is 0 Å². The molecule has 3 aliphatic carbocycles. The zero-order chi connectivity index (χ0) is 16.8. The second-order valence-electron chi connectivity index (χ2n) is 6.79. The van der Waals surface area contributed by atoms with E-state index in [0.717, 1.165) is 53.9 Å². The molecule has 24 heavy (non-hydrogen) atoms. The lowest BCUT2D eigenvalue weighted by Gasteiger charge is -2.39. The number of carbonyl (C=O) groups is 1. The van der Waals surface area contributed by atoms with Crippen LogP contribution in [0.25, 0.3) is 0 Å². The number of anilines is 2. The van der Waals surface area contributed by atoms with Crippen molar-refractivity contribution in [2.24, 2.45) is 0 Å². The van der Waals surface area contributed by atoms with Crippen LogP contribution in [0.5, 0.6) is 0 Å². The number of carboxylic acids is 1. The standard InChI is InChI=1S/C19H19ClN2O2/c1-10-2-7-13(8-15(10)20)22-18-17-12-5-3-11(4-6-12)16(17)14(9-21-18)19(23)24/h2,7-9,11-12H,3-6H2,1H3,(H,21,22)(H,23,24). The number of hydrogen-bond acceptors (Lipinski definition) is 3. The fourth-order valence-electron chi connectivity index (χ4n) is 4.14. The van der Waals surface area contributed by atoms with Gasteiger partial charge in [-0.25, -0.2) is 9.78 Å². The highest BCUT2D eigenvalue weighted by Crippen LogP contribution is 2.52. The van der Waals surface area contributed by atoms with E-state index in [9.17, 15) is 9.90 Å². The summed E-state index contributed by atoms with van der Waals surface area (Å²) in [6, 6.07) is 5.83. The van der Waals surface area contributed by atoms with Crippen molar-refractivity contribution in [2.45, 2.75) is 44.4 Å². The molecule has 0 unspecified atom stereocenters. The number of pyridine rings is 1. The Morgan fingerprint density at radius 1 is 1.21 bits per heavy atom. The molecule has 2 N–H and O–H groups in total. The topological polar surface area (TPSA) is 62.2 Å². The minimum atomic E-state index is -0.878. The Bertz CT molecular complexity index is 826. The maximum atomic E-state index is 11.6. The molecule has 124 valence electrons. The molecule has 1 fully saturated rings. The number of aromatic carboxylic acids is 1. The number of halogens is 1. The summed E-state index contributed by atoms with van der Waals surface area (Å²) >= 11 is 6.22. The molecular formula is C19H19ClN2O2. The molecule has 2 aromatic rings. The van der Waals surface area contributed by atoms with E-state index in [2.05, 4.69) is 10.3 Å². The van der Waals surface area contributed by atoms with E-state index in [-0.39, 0.29) is 0 Å². The van der Waals surface area contributed by atoms with Crippen LogP contribution in [0.1, 0.15) is 64.6 Å². The highest BCUT2D eigenvalue weighted by atomic mass is 35.5. The summed E-state index contributed by atoms with van der Waals surface area (Å²) in [6.45, 7) is 1.97. The fraction of sp³-hybridized carbons (Fsp3) is 0.368. The van der Waals surface area contributed by atoms with E-state index in [1.807, 2.05) is 25.1 Å². The quantitative estimate of drug-likeness (QED) is 0.800. The van der Waals surface area contributed by atoms with E-state index >= 15 is 0 Å². The van der Waals surface area contributed by atoms with Crippen LogP contribution in [0, 0.1) is 6.92 Å². The highest BCUT2D eigenvalue weighted by molar-refractivity contribution is 6.31. The molecular weight excluding hydrogens is 324 g/mol. The average molecular weight is 343 g/mol. The molecule has 0 atom stereocenters. The summed E-state index contributed by atoms with van der Waals surface area (Å²) in [5.41, 5.74) is 4.38. The van der Waals surface area contributed by atoms with Crippen molar-refractivity contribution in [1.82, 2.24) is 4.98 Å². The third-order valence-electron chi connectivity index (χ3n) is 5.37. The first kappa shape index (κ1) is 15.5. The Labute approximate surface area is 145 Å². The summed E-state index contributed by atoms with van der Waals surface area (Å²) in [7, 11) is 0. The molecule has 5 heteroatoms. The van der Waals surface area contributed by atoms with Crippen molar-refractivity contribution in [1.29, 1.82) is 0 Å². The Balaban J connectivity index is 1.81. The van der Waals surface area contributed by atoms with E-state index in [0.29, 0.717) is 22.4 Å². The number of rotatable bonds is 3. The molecule has 0 spiro atoms. The smallest absolute Gasteiger partial charge is 0.337 e. The predicted octanol–water partition coefficient (Wildman–Crippen LogP) is 5.24. The van der Waals surface area contributed by atoms with Gasteiger partial charge in [0.15, 0.2) is 0 Å². The molecule has 1 heterocycles. The summed E-state index contributed by atoms with van der Waals surface area (Å²) in [5.74, 6) is 0.655. The molecule has 1 aromatic carbocycles. The van der Waals surface area contributed by atoms with Gasteiger partial charge in [0.1, 0.15) is 5.82 Å². The van der Waals surface area contributed by atoms with Gasteiger partial charge in [0, 0.05) is 22.5 Å². The van der Waals surface area contributed by atoms with Crippen LogP contribution in [0.4, 0.5) is 11.5 Å². The van der Waals surface area contributed by atoms with Gasteiger partial charge in [-0.05, 0) is 67.7 Å². The van der Waals surface area contributed by atoms with E-state index in [1.165, 1.54) is 6.20 Å². The normalized spacial score (nSPS) is 21.4. The van der Waals surface area contributed by atoms with Gasteiger partial charge < -0.3 is 10.4 Å². The summed E-state index contributed by atoms with van der Waals surface area (Å²) < 4.78 is 0. The number of benzene rings is 1. The van der Waals surface area contributed by atoms with E-state index in [4.69, 9.17) is 11.6 Å². The number of nitrogens with zero attached hydrogens (tertiary/aromatic N) is 1. The van der Waals surface area contributed by atoms with Crippen LogP contribution in [0.15, 0.2) is 24.4 Å². The second-order valence-corrected chi connectivity index (χ2v) is 7.20. The van der Waals surface area contributed by atoms with Crippen LogP contribution >= 0.6 is 11.6 Å². The van der Waals surface area contributed by atoms with Crippen molar-refractivity contribution in [2.75, 3.05) is 5.32 Å². The van der Waals surface area contributed by atoms with Crippen molar-refractivity contribution in [3.05, 3.63) is 51.7 Å². The van der Waals surface area contributed by atoms with E-state index in [1.54, 1.807) is 0 Å². The maximum Gasteiger partial charge on any atom is 0.337 e. The number of nitrogens with one attached hydrogen (secondary N) is 1. The Hall–Kier alpha value is -2.07. The summed E-state index contributed by atoms with van der Waals surface area (Å²) in [5, 5.41) is 13.6. The van der Waals surface area contributed by atoms with Gasteiger partial charge in [0.05, 0.1) is 5.56 Å². The van der Waals surface area contributed by atoms with Gasteiger partial charge in [-0.3, -0.25) is 0 Å². The number of fused-ring (bicyclic) bond motifs is 2. The lowest BCUT2D eigenvalue weighted by molar-refractivity contribution is 0.0693. The number of carboxylic acid groups (broad SMARTS) is 1. The summed E-state index contributed by atoms with van der Waals surface area (Å²) in [4.78, 5) is 16.1. The monoisotopic (exact) mass is 342 g/mol.